The molecular weight excluding hydrogens is 406 g/mol. The molecule has 7 nitrogen and oxygen atoms in total. The maximum Gasteiger partial charge on any atom is 0.277 e. The zero-order valence-electron chi connectivity index (χ0n) is 15.5. The highest BCUT2D eigenvalue weighted by Crippen LogP contribution is 2.38. The van der Waals surface area contributed by atoms with Crippen LogP contribution in [0.3, 0.4) is 0 Å². The maximum absolute atomic E-state index is 13.2. The number of fused-ring (bicyclic) bond motifs is 5. The van der Waals surface area contributed by atoms with Crippen LogP contribution in [-0.4, -0.2) is 21.5 Å². The lowest BCUT2D eigenvalue weighted by molar-refractivity contribution is -0.117. The van der Waals surface area contributed by atoms with Gasteiger partial charge in [0.1, 0.15) is 5.76 Å². The fourth-order valence-electron chi connectivity index (χ4n) is 3.79. The molecule has 5 rings (SSSR count). The van der Waals surface area contributed by atoms with Crippen LogP contribution in [-0.2, 0) is 11.2 Å². The van der Waals surface area contributed by atoms with Gasteiger partial charge in [0.25, 0.3) is 5.56 Å². The van der Waals surface area contributed by atoms with Gasteiger partial charge in [0.2, 0.25) is 5.91 Å². The Hall–Kier alpha value is -3.71. The molecule has 0 bridgehead atoms. The molecule has 0 radical (unpaired) electrons. The van der Waals surface area contributed by atoms with Crippen molar-refractivity contribution in [2.45, 2.75) is 12.8 Å². The minimum Gasteiger partial charge on any atom is -0.360 e. The highest BCUT2D eigenvalue weighted by Gasteiger charge is 2.32. The van der Waals surface area contributed by atoms with Crippen molar-refractivity contribution in [1.82, 2.24) is 9.83 Å². The summed E-state index contributed by atoms with van der Waals surface area (Å²) >= 11 is 5.72. The van der Waals surface area contributed by atoms with Gasteiger partial charge in [0.05, 0.1) is 11.3 Å². The van der Waals surface area contributed by atoms with Crippen LogP contribution in [0.2, 0.25) is 5.15 Å². The van der Waals surface area contributed by atoms with Gasteiger partial charge in [0.15, 0.2) is 10.9 Å². The lowest BCUT2D eigenvalue weighted by atomic mass is 10.0. The Morgan fingerprint density at radius 1 is 1.03 bits per heavy atom. The average molecular weight is 420 g/mol. The van der Waals surface area contributed by atoms with Crippen molar-refractivity contribution >= 4 is 34.1 Å². The van der Waals surface area contributed by atoms with Gasteiger partial charge >= 0.3 is 0 Å². The fraction of sp³-hybridized carbons (Fsp3) is 0.0909. The number of halogens is 1. The van der Waals surface area contributed by atoms with Crippen molar-refractivity contribution in [2.24, 2.45) is 0 Å². The zero-order valence-corrected chi connectivity index (χ0v) is 16.3. The van der Waals surface area contributed by atoms with Gasteiger partial charge in [-0.25, -0.2) is 4.68 Å². The molecule has 2 aromatic carbocycles. The highest BCUT2D eigenvalue weighted by atomic mass is 35.5. The summed E-state index contributed by atoms with van der Waals surface area (Å²) in [6.45, 7) is 0. The van der Waals surface area contributed by atoms with Gasteiger partial charge in [-0.05, 0) is 6.07 Å². The largest absolute Gasteiger partial charge is 0.360 e. The number of benzene rings is 2. The zero-order chi connectivity index (χ0) is 20.8. The minimum absolute atomic E-state index is 0.0507. The molecule has 1 aliphatic carbocycles. The van der Waals surface area contributed by atoms with Crippen molar-refractivity contribution in [1.29, 1.82) is 0 Å². The molecule has 0 spiro atoms. The van der Waals surface area contributed by atoms with E-state index in [1.165, 1.54) is 10.7 Å². The number of aromatic nitrogens is 2. The molecule has 2 aromatic heterocycles. The molecule has 1 aliphatic rings. The monoisotopic (exact) mass is 419 g/mol. The maximum atomic E-state index is 13.2. The molecule has 30 heavy (non-hydrogen) atoms. The van der Waals surface area contributed by atoms with E-state index in [4.69, 9.17) is 16.1 Å². The second kappa shape index (κ2) is 6.96. The van der Waals surface area contributed by atoms with E-state index in [0.717, 1.165) is 0 Å². The Morgan fingerprint density at radius 2 is 1.73 bits per heavy atom. The van der Waals surface area contributed by atoms with Crippen molar-refractivity contribution in [2.75, 3.05) is 5.43 Å². The number of hydrogen-bond acceptors (Lipinski definition) is 5. The second-order valence-corrected chi connectivity index (χ2v) is 7.32. The van der Waals surface area contributed by atoms with Crippen LogP contribution in [0.15, 0.2) is 63.9 Å². The van der Waals surface area contributed by atoms with E-state index >= 15 is 0 Å². The Balaban J connectivity index is 1.61. The fourth-order valence-corrected chi connectivity index (χ4v) is 3.94. The molecule has 0 saturated heterocycles. The van der Waals surface area contributed by atoms with Crippen LogP contribution in [0, 0.1) is 0 Å². The molecule has 1 N–H and O–H groups in total. The predicted molar refractivity (Wildman–Crippen MR) is 111 cm³/mol. The molecule has 1 amide bonds. The molecular formula is C22H14ClN3O4. The van der Waals surface area contributed by atoms with Crippen molar-refractivity contribution in [3.63, 3.8) is 0 Å². The van der Waals surface area contributed by atoms with E-state index in [9.17, 15) is 14.4 Å². The molecule has 4 aromatic rings. The number of pyridine rings is 1. The normalized spacial score (nSPS) is 12.1. The number of carbonyl (C=O) groups excluding carboxylic acids is 2. The highest BCUT2D eigenvalue weighted by molar-refractivity contribution is 6.29. The average Bonchev–Trinajstić information content (AvgIpc) is 3.31. The topological polar surface area (TPSA) is 94.2 Å². The van der Waals surface area contributed by atoms with E-state index in [0.29, 0.717) is 38.9 Å². The van der Waals surface area contributed by atoms with Gasteiger partial charge in [-0.2, -0.15) is 0 Å². The van der Waals surface area contributed by atoms with Crippen LogP contribution >= 0.6 is 11.6 Å². The molecule has 2 heterocycles. The molecule has 0 unspecified atom stereocenters. The number of ketones is 1. The molecule has 0 aliphatic heterocycles. The predicted octanol–water partition coefficient (Wildman–Crippen LogP) is 3.56. The summed E-state index contributed by atoms with van der Waals surface area (Å²) in [4.78, 5) is 38.9. The van der Waals surface area contributed by atoms with Crippen molar-refractivity contribution in [3.05, 3.63) is 87.0 Å². The van der Waals surface area contributed by atoms with E-state index in [2.05, 4.69) is 10.6 Å². The summed E-state index contributed by atoms with van der Waals surface area (Å²) in [7, 11) is 0. The molecule has 0 atom stereocenters. The molecule has 0 fully saturated rings. The number of amides is 1. The van der Waals surface area contributed by atoms with Crippen LogP contribution in [0.25, 0.3) is 22.0 Å². The van der Waals surface area contributed by atoms with E-state index in [1.807, 2.05) is 0 Å². The van der Waals surface area contributed by atoms with Crippen LogP contribution in [0.5, 0.6) is 0 Å². The van der Waals surface area contributed by atoms with Crippen molar-refractivity contribution < 1.29 is 14.1 Å². The van der Waals surface area contributed by atoms with Crippen LogP contribution < -0.4 is 11.0 Å². The lowest BCUT2D eigenvalue weighted by Gasteiger charge is -2.15. The van der Waals surface area contributed by atoms with Crippen LogP contribution in [0.1, 0.15) is 28.1 Å². The summed E-state index contributed by atoms with van der Waals surface area (Å²) in [6.07, 6.45) is 0.320. The molecule has 0 saturated carbocycles. The Labute approximate surface area is 174 Å². The molecule has 8 heteroatoms. The van der Waals surface area contributed by atoms with Crippen LogP contribution in [0.4, 0.5) is 0 Å². The minimum atomic E-state index is -0.404. The number of rotatable bonds is 4. The summed E-state index contributed by atoms with van der Waals surface area (Å²) in [5.74, 6) is -0.109. The van der Waals surface area contributed by atoms with Gasteiger partial charge in [0, 0.05) is 40.8 Å². The first-order chi connectivity index (χ1) is 14.5. The third-order valence-corrected chi connectivity index (χ3v) is 5.29. The van der Waals surface area contributed by atoms with Gasteiger partial charge in [-0.3, -0.25) is 19.8 Å². The summed E-state index contributed by atoms with van der Waals surface area (Å²) in [6, 6.07) is 15.5. The Kier molecular flexibility index (Phi) is 4.25. The summed E-state index contributed by atoms with van der Waals surface area (Å²) in [5, 5.41) is 4.72. The third-order valence-electron chi connectivity index (χ3n) is 5.11. The summed E-state index contributed by atoms with van der Waals surface area (Å²) < 4.78 is 6.18. The number of nitrogens with zero attached hydrogens (tertiary/aromatic N) is 2. The smallest absolute Gasteiger partial charge is 0.277 e. The standard InChI is InChI=1S/C22H14ClN3O4/c23-17-11-12(30-25-17)9-10-18(27)24-26-20-14-6-2-3-7-15(14)21(28)19(20)13-5-1-4-8-16(13)22(26)29/h1-8,11H,9-10H2,(H,24,27). The first kappa shape index (κ1) is 18.3. The first-order valence-corrected chi connectivity index (χ1v) is 9.65. The van der Waals surface area contributed by atoms with E-state index < -0.39 is 11.5 Å². The quantitative estimate of drug-likeness (QED) is 0.480. The molecule has 148 valence electrons. The Morgan fingerprint density at radius 3 is 2.47 bits per heavy atom. The van der Waals surface area contributed by atoms with E-state index in [1.54, 1.807) is 48.5 Å². The Bertz CT molecular complexity index is 1400. The number of nitrogens with one attached hydrogen (secondary N) is 1. The summed E-state index contributed by atoms with van der Waals surface area (Å²) in [5.41, 5.74) is 4.19. The van der Waals surface area contributed by atoms with Gasteiger partial charge in [-0.15, -0.1) is 0 Å². The third kappa shape index (κ3) is 2.83. The number of carbonyl (C=O) groups is 2. The van der Waals surface area contributed by atoms with Crippen molar-refractivity contribution in [3.8, 4) is 11.3 Å². The van der Waals surface area contributed by atoms with Gasteiger partial charge in [-0.1, -0.05) is 59.2 Å². The second-order valence-electron chi connectivity index (χ2n) is 6.94. The first-order valence-electron chi connectivity index (χ1n) is 9.27. The number of aryl methyl sites for hydroxylation is 1. The van der Waals surface area contributed by atoms with E-state index in [-0.39, 0.29) is 23.8 Å². The van der Waals surface area contributed by atoms with Gasteiger partial charge < -0.3 is 4.52 Å². The SMILES string of the molecule is O=C(CCc1cc(Cl)no1)Nn1c2c(c3ccccc3c1=O)C(=O)c1ccccc1-2. The number of hydrogen-bond donors (Lipinski definition) is 1. The lowest BCUT2D eigenvalue weighted by Crippen LogP contribution is -2.35.